The number of benzene rings is 1. The van der Waals surface area contributed by atoms with Gasteiger partial charge in [0.2, 0.25) is 0 Å². The second kappa shape index (κ2) is 2.85. The fraction of sp³-hybridized carbons (Fsp3) is 0.500. The minimum Gasteiger partial charge on any atom is -0.386 e. The van der Waals surface area contributed by atoms with Gasteiger partial charge in [-0.1, -0.05) is 24.3 Å². The van der Waals surface area contributed by atoms with Crippen LogP contribution in [0.5, 0.6) is 0 Å². The number of aliphatic hydroxyl groups is 1. The molecular formula is C12H16O. The second-order valence-corrected chi connectivity index (χ2v) is 4.42. The summed E-state index contributed by atoms with van der Waals surface area (Å²) in [7, 11) is 0. The standard InChI is InChI=1S/C12H16O/c1-12(2,13)11-6-4-3-5-10(11)9-7-8-9/h3-6,9,13H,7-8H2,1-2H3. The van der Waals surface area contributed by atoms with Crippen molar-refractivity contribution in [1.29, 1.82) is 0 Å². The second-order valence-electron chi connectivity index (χ2n) is 4.42. The molecule has 2 rings (SSSR count). The van der Waals surface area contributed by atoms with Crippen molar-refractivity contribution in [1.82, 2.24) is 0 Å². The van der Waals surface area contributed by atoms with E-state index >= 15 is 0 Å². The molecule has 70 valence electrons. The van der Waals surface area contributed by atoms with Gasteiger partial charge in [-0.3, -0.25) is 0 Å². The first-order valence-electron chi connectivity index (χ1n) is 4.91. The van der Waals surface area contributed by atoms with Gasteiger partial charge in [0, 0.05) is 0 Å². The Morgan fingerprint density at radius 2 is 1.85 bits per heavy atom. The molecule has 1 N–H and O–H groups in total. The van der Waals surface area contributed by atoms with Gasteiger partial charge in [-0.05, 0) is 43.7 Å². The smallest absolute Gasteiger partial charge is 0.0843 e. The minimum atomic E-state index is -0.695. The predicted molar refractivity (Wildman–Crippen MR) is 53.7 cm³/mol. The van der Waals surface area contributed by atoms with E-state index in [4.69, 9.17) is 0 Å². The Bertz CT molecular complexity index is 305. The molecular weight excluding hydrogens is 160 g/mol. The molecule has 1 heteroatoms. The topological polar surface area (TPSA) is 20.2 Å². The molecule has 0 saturated heterocycles. The summed E-state index contributed by atoms with van der Waals surface area (Å²) in [4.78, 5) is 0. The molecule has 1 aliphatic carbocycles. The van der Waals surface area contributed by atoms with E-state index in [-0.39, 0.29) is 0 Å². The van der Waals surface area contributed by atoms with Crippen LogP contribution in [0.4, 0.5) is 0 Å². The summed E-state index contributed by atoms with van der Waals surface area (Å²) in [5.74, 6) is 0.711. The summed E-state index contributed by atoms with van der Waals surface area (Å²) in [6, 6.07) is 8.24. The van der Waals surface area contributed by atoms with Crippen LogP contribution in [-0.4, -0.2) is 5.11 Å². The maximum atomic E-state index is 9.95. The lowest BCUT2D eigenvalue weighted by molar-refractivity contribution is 0.0776. The van der Waals surface area contributed by atoms with Crippen LogP contribution in [0.3, 0.4) is 0 Å². The summed E-state index contributed by atoms with van der Waals surface area (Å²) < 4.78 is 0. The number of hydrogen-bond acceptors (Lipinski definition) is 1. The first-order chi connectivity index (χ1) is 6.09. The zero-order chi connectivity index (χ0) is 9.47. The number of rotatable bonds is 2. The molecule has 1 aromatic rings. The third-order valence-electron chi connectivity index (χ3n) is 2.64. The molecule has 0 spiro atoms. The van der Waals surface area contributed by atoms with E-state index < -0.39 is 5.60 Å². The van der Waals surface area contributed by atoms with E-state index in [0.717, 1.165) is 5.56 Å². The lowest BCUT2D eigenvalue weighted by atomic mass is 9.91. The monoisotopic (exact) mass is 176 g/mol. The Morgan fingerprint density at radius 3 is 2.38 bits per heavy atom. The first kappa shape index (κ1) is 8.76. The van der Waals surface area contributed by atoms with Crippen LogP contribution in [0, 0.1) is 0 Å². The van der Waals surface area contributed by atoms with Crippen LogP contribution in [0.15, 0.2) is 24.3 Å². The van der Waals surface area contributed by atoms with Gasteiger partial charge in [0.05, 0.1) is 5.60 Å². The average molecular weight is 176 g/mol. The molecule has 1 aromatic carbocycles. The van der Waals surface area contributed by atoms with Crippen molar-refractivity contribution in [2.75, 3.05) is 0 Å². The van der Waals surface area contributed by atoms with E-state index in [9.17, 15) is 5.11 Å². The van der Waals surface area contributed by atoms with Gasteiger partial charge in [-0.25, -0.2) is 0 Å². The van der Waals surface area contributed by atoms with Gasteiger partial charge in [-0.2, -0.15) is 0 Å². The molecule has 0 radical (unpaired) electrons. The zero-order valence-electron chi connectivity index (χ0n) is 8.25. The van der Waals surface area contributed by atoms with Crippen LogP contribution in [0.2, 0.25) is 0 Å². The molecule has 0 aromatic heterocycles. The van der Waals surface area contributed by atoms with Crippen molar-refractivity contribution in [3.8, 4) is 0 Å². The third kappa shape index (κ3) is 1.75. The predicted octanol–water partition coefficient (Wildman–Crippen LogP) is 2.79. The Kier molecular flexibility index (Phi) is 1.92. The molecule has 1 nitrogen and oxygen atoms in total. The molecule has 0 heterocycles. The zero-order valence-corrected chi connectivity index (χ0v) is 8.25. The van der Waals surface area contributed by atoms with Gasteiger partial charge in [0.25, 0.3) is 0 Å². The van der Waals surface area contributed by atoms with E-state index in [0.29, 0.717) is 5.92 Å². The molecule has 0 aliphatic heterocycles. The van der Waals surface area contributed by atoms with Crippen molar-refractivity contribution in [3.63, 3.8) is 0 Å². The summed E-state index contributed by atoms with van der Waals surface area (Å²) in [6.45, 7) is 3.71. The molecule has 1 aliphatic rings. The van der Waals surface area contributed by atoms with Crippen LogP contribution < -0.4 is 0 Å². The summed E-state index contributed by atoms with van der Waals surface area (Å²) >= 11 is 0. The SMILES string of the molecule is CC(C)(O)c1ccccc1C1CC1. The Labute approximate surface area is 79.4 Å². The van der Waals surface area contributed by atoms with Crippen molar-refractivity contribution >= 4 is 0 Å². The van der Waals surface area contributed by atoms with Crippen molar-refractivity contribution in [3.05, 3.63) is 35.4 Å². The molecule has 1 saturated carbocycles. The largest absolute Gasteiger partial charge is 0.386 e. The highest BCUT2D eigenvalue weighted by Crippen LogP contribution is 2.43. The molecule has 0 unspecified atom stereocenters. The van der Waals surface area contributed by atoms with Gasteiger partial charge < -0.3 is 5.11 Å². The normalized spacial score (nSPS) is 17.5. The van der Waals surface area contributed by atoms with E-state index in [1.165, 1.54) is 18.4 Å². The molecule has 1 fully saturated rings. The maximum Gasteiger partial charge on any atom is 0.0843 e. The van der Waals surface area contributed by atoms with Gasteiger partial charge >= 0.3 is 0 Å². The molecule has 0 bridgehead atoms. The highest BCUT2D eigenvalue weighted by Gasteiger charge is 2.29. The Balaban J connectivity index is 2.43. The van der Waals surface area contributed by atoms with Crippen LogP contribution >= 0.6 is 0 Å². The molecule has 0 atom stereocenters. The summed E-state index contributed by atoms with van der Waals surface area (Å²) in [5.41, 5.74) is 1.74. The van der Waals surface area contributed by atoms with Crippen molar-refractivity contribution in [2.45, 2.75) is 38.2 Å². The Hall–Kier alpha value is -0.820. The van der Waals surface area contributed by atoms with E-state index in [2.05, 4.69) is 12.1 Å². The van der Waals surface area contributed by atoms with Crippen LogP contribution in [0.1, 0.15) is 43.7 Å². The lowest BCUT2D eigenvalue weighted by Crippen LogP contribution is -2.17. The van der Waals surface area contributed by atoms with Crippen LogP contribution in [-0.2, 0) is 5.60 Å². The Morgan fingerprint density at radius 1 is 1.23 bits per heavy atom. The quantitative estimate of drug-likeness (QED) is 0.734. The van der Waals surface area contributed by atoms with Crippen molar-refractivity contribution in [2.24, 2.45) is 0 Å². The highest BCUT2D eigenvalue weighted by atomic mass is 16.3. The fourth-order valence-corrected chi connectivity index (χ4v) is 1.80. The summed E-state index contributed by atoms with van der Waals surface area (Å²) in [5, 5.41) is 9.95. The fourth-order valence-electron chi connectivity index (χ4n) is 1.80. The third-order valence-corrected chi connectivity index (χ3v) is 2.64. The first-order valence-corrected chi connectivity index (χ1v) is 4.91. The molecule has 0 amide bonds. The van der Waals surface area contributed by atoms with E-state index in [1.807, 2.05) is 26.0 Å². The van der Waals surface area contributed by atoms with Gasteiger partial charge in [0.15, 0.2) is 0 Å². The lowest BCUT2D eigenvalue weighted by Gasteiger charge is -2.21. The van der Waals surface area contributed by atoms with Crippen molar-refractivity contribution < 1.29 is 5.11 Å². The molecule has 13 heavy (non-hydrogen) atoms. The average Bonchev–Trinajstić information content (AvgIpc) is 2.85. The summed E-state index contributed by atoms with van der Waals surface area (Å²) in [6.07, 6.45) is 2.57. The maximum absolute atomic E-state index is 9.95. The highest BCUT2D eigenvalue weighted by molar-refractivity contribution is 5.36. The minimum absolute atomic E-state index is 0.695. The van der Waals surface area contributed by atoms with Gasteiger partial charge in [0.1, 0.15) is 0 Å². The van der Waals surface area contributed by atoms with Gasteiger partial charge in [-0.15, -0.1) is 0 Å². The van der Waals surface area contributed by atoms with Crippen LogP contribution in [0.25, 0.3) is 0 Å². The number of hydrogen-bond donors (Lipinski definition) is 1. The van der Waals surface area contributed by atoms with E-state index in [1.54, 1.807) is 0 Å².